The van der Waals surface area contributed by atoms with Gasteiger partial charge >= 0.3 is 0 Å². The molecule has 0 bridgehead atoms. The molecule has 0 aliphatic rings. The molecule has 0 atom stereocenters. The standard InChI is InChI=1S/C21H28O4/c1-20(2,3)17-11-15(23)9-13(19(17)24)12-21(4,5)16-10-14(22)7-8-18(16)25-6/h7-11,22-24H,12H2,1-6H3. The lowest BCUT2D eigenvalue weighted by atomic mass is 9.76. The lowest BCUT2D eigenvalue weighted by molar-refractivity contribution is 0.383. The Morgan fingerprint density at radius 1 is 0.840 bits per heavy atom. The summed E-state index contributed by atoms with van der Waals surface area (Å²) in [6, 6.07) is 8.21. The Labute approximate surface area is 149 Å². The summed E-state index contributed by atoms with van der Waals surface area (Å²) in [5, 5.41) is 30.7. The molecule has 0 fully saturated rings. The van der Waals surface area contributed by atoms with Gasteiger partial charge in [0.25, 0.3) is 0 Å². The molecule has 4 heteroatoms. The zero-order chi connectivity index (χ0) is 19.0. The maximum absolute atomic E-state index is 10.7. The van der Waals surface area contributed by atoms with Crippen molar-refractivity contribution in [1.82, 2.24) is 0 Å². The number of methoxy groups -OCH3 is 1. The first kappa shape index (κ1) is 19.0. The predicted molar refractivity (Wildman–Crippen MR) is 99.9 cm³/mol. The van der Waals surface area contributed by atoms with Crippen molar-refractivity contribution in [1.29, 1.82) is 0 Å². The lowest BCUT2D eigenvalue weighted by Gasteiger charge is -2.29. The van der Waals surface area contributed by atoms with Gasteiger partial charge in [-0.2, -0.15) is 0 Å². The third-order valence-corrected chi connectivity index (χ3v) is 4.53. The Morgan fingerprint density at radius 3 is 2.00 bits per heavy atom. The monoisotopic (exact) mass is 344 g/mol. The van der Waals surface area contributed by atoms with Crippen LogP contribution in [0, 0.1) is 0 Å². The van der Waals surface area contributed by atoms with Crippen molar-refractivity contribution in [3.63, 3.8) is 0 Å². The van der Waals surface area contributed by atoms with Crippen LogP contribution in [0.4, 0.5) is 0 Å². The van der Waals surface area contributed by atoms with Crippen LogP contribution in [0.25, 0.3) is 0 Å². The first-order valence-electron chi connectivity index (χ1n) is 8.38. The van der Waals surface area contributed by atoms with Crippen LogP contribution < -0.4 is 4.74 Å². The minimum atomic E-state index is -0.426. The maximum atomic E-state index is 10.7. The van der Waals surface area contributed by atoms with Gasteiger partial charge in [0, 0.05) is 11.1 Å². The lowest BCUT2D eigenvalue weighted by Crippen LogP contribution is -2.22. The van der Waals surface area contributed by atoms with Crippen LogP contribution >= 0.6 is 0 Å². The Hall–Kier alpha value is -2.36. The normalized spacial score (nSPS) is 12.2. The van der Waals surface area contributed by atoms with Crippen molar-refractivity contribution in [2.75, 3.05) is 7.11 Å². The Balaban J connectivity index is 2.52. The van der Waals surface area contributed by atoms with E-state index in [-0.39, 0.29) is 22.7 Å². The SMILES string of the molecule is COc1ccc(O)cc1C(C)(C)Cc1cc(O)cc(C(C)(C)C)c1O. The molecule has 3 N–H and O–H groups in total. The van der Waals surface area contributed by atoms with Gasteiger partial charge in [-0.25, -0.2) is 0 Å². The number of hydrogen-bond acceptors (Lipinski definition) is 4. The maximum Gasteiger partial charge on any atom is 0.122 e. The molecule has 0 heterocycles. The molecule has 0 aliphatic carbocycles. The first-order chi connectivity index (χ1) is 11.5. The van der Waals surface area contributed by atoms with E-state index in [9.17, 15) is 15.3 Å². The van der Waals surface area contributed by atoms with Crippen LogP contribution in [-0.4, -0.2) is 22.4 Å². The summed E-state index contributed by atoms with van der Waals surface area (Å²) in [5.74, 6) is 1.19. The van der Waals surface area contributed by atoms with Crippen molar-refractivity contribution in [3.8, 4) is 23.0 Å². The van der Waals surface area contributed by atoms with Crippen LogP contribution in [0.2, 0.25) is 0 Å². The molecule has 2 aromatic rings. The van der Waals surface area contributed by atoms with E-state index >= 15 is 0 Å². The molecule has 0 saturated heterocycles. The van der Waals surface area contributed by atoms with Gasteiger partial charge in [-0.15, -0.1) is 0 Å². The highest BCUT2D eigenvalue weighted by atomic mass is 16.5. The summed E-state index contributed by atoms with van der Waals surface area (Å²) in [6.07, 6.45) is 0.482. The summed E-state index contributed by atoms with van der Waals surface area (Å²) in [7, 11) is 1.59. The van der Waals surface area contributed by atoms with E-state index in [2.05, 4.69) is 0 Å². The molecule has 136 valence electrons. The fourth-order valence-electron chi connectivity index (χ4n) is 3.18. The summed E-state index contributed by atoms with van der Waals surface area (Å²) in [5.41, 5.74) is 1.51. The van der Waals surface area contributed by atoms with Crippen molar-refractivity contribution < 1.29 is 20.1 Å². The van der Waals surface area contributed by atoms with Gasteiger partial charge in [0.2, 0.25) is 0 Å². The zero-order valence-corrected chi connectivity index (χ0v) is 15.8. The fourth-order valence-corrected chi connectivity index (χ4v) is 3.18. The molecule has 0 unspecified atom stereocenters. The molecule has 25 heavy (non-hydrogen) atoms. The molecular formula is C21H28O4. The van der Waals surface area contributed by atoms with Crippen molar-refractivity contribution in [2.45, 2.75) is 51.9 Å². The number of rotatable bonds is 4. The average molecular weight is 344 g/mol. The van der Waals surface area contributed by atoms with Gasteiger partial charge in [-0.05, 0) is 53.1 Å². The second-order valence-corrected chi connectivity index (χ2v) is 8.20. The van der Waals surface area contributed by atoms with Gasteiger partial charge < -0.3 is 20.1 Å². The van der Waals surface area contributed by atoms with Gasteiger partial charge in [0.05, 0.1) is 7.11 Å². The number of phenolic OH excluding ortho intramolecular Hbond substituents is 3. The number of benzene rings is 2. The first-order valence-corrected chi connectivity index (χ1v) is 8.38. The topological polar surface area (TPSA) is 69.9 Å². The molecule has 2 aromatic carbocycles. The largest absolute Gasteiger partial charge is 0.508 e. The van der Waals surface area contributed by atoms with Gasteiger partial charge in [-0.1, -0.05) is 34.6 Å². The fraction of sp³-hybridized carbons (Fsp3) is 0.429. The molecule has 4 nitrogen and oxygen atoms in total. The van der Waals surface area contributed by atoms with Gasteiger partial charge in [0.15, 0.2) is 0 Å². The molecule has 2 rings (SSSR count). The third kappa shape index (κ3) is 4.01. The summed E-state index contributed by atoms with van der Waals surface area (Å²) in [6.45, 7) is 10.0. The zero-order valence-electron chi connectivity index (χ0n) is 15.8. The van der Waals surface area contributed by atoms with E-state index in [1.165, 1.54) is 0 Å². The van der Waals surface area contributed by atoms with E-state index < -0.39 is 5.41 Å². The molecule has 0 aliphatic heterocycles. The Bertz CT molecular complexity index is 770. The van der Waals surface area contributed by atoms with Crippen LogP contribution in [0.5, 0.6) is 23.0 Å². The van der Waals surface area contributed by atoms with Gasteiger partial charge in [0.1, 0.15) is 23.0 Å². The summed E-state index contributed by atoms with van der Waals surface area (Å²) < 4.78 is 5.43. The highest BCUT2D eigenvalue weighted by molar-refractivity contribution is 5.51. The molecule has 0 saturated carbocycles. The number of hydrogen-bond donors (Lipinski definition) is 3. The van der Waals surface area contributed by atoms with E-state index in [1.54, 1.807) is 37.4 Å². The number of phenols is 3. The van der Waals surface area contributed by atoms with Crippen molar-refractivity contribution in [2.24, 2.45) is 0 Å². The highest BCUT2D eigenvalue weighted by Crippen LogP contribution is 2.42. The third-order valence-electron chi connectivity index (χ3n) is 4.53. The molecule has 0 amide bonds. The number of aromatic hydroxyl groups is 3. The van der Waals surface area contributed by atoms with Crippen LogP contribution in [0.1, 0.15) is 51.3 Å². The smallest absolute Gasteiger partial charge is 0.122 e. The van der Waals surface area contributed by atoms with Crippen LogP contribution in [-0.2, 0) is 17.3 Å². The van der Waals surface area contributed by atoms with Crippen molar-refractivity contribution >= 4 is 0 Å². The van der Waals surface area contributed by atoms with Crippen LogP contribution in [0.3, 0.4) is 0 Å². The van der Waals surface area contributed by atoms with E-state index in [1.807, 2.05) is 34.6 Å². The molecule has 0 aromatic heterocycles. The quantitative estimate of drug-likeness (QED) is 0.707. The Kier molecular flexibility index (Phi) is 4.94. The minimum Gasteiger partial charge on any atom is -0.508 e. The van der Waals surface area contributed by atoms with E-state index in [0.717, 1.165) is 5.56 Å². The molecular weight excluding hydrogens is 316 g/mol. The molecule has 0 radical (unpaired) electrons. The second-order valence-electron chi connectivity index (χ2n) is 8.20. The van der Waals surface area contributed by atoms with Gasteiger partial charge in [-0.3, -0.25) is 0 Å². The number of ether oxygens (including phenoxy) is 1. The Morgan fingerprint density at radius 2 is 1.44 bits per heavy atom. The summed E-state index contributed by atoms with van der Waals surface area (Å²) in [4.78, 5) is 0. The van der Waals surface area contributed by atoms with E-state index in [4.69, 9.17) is 4.74 Å². The van der Waals surface area contributed by atoms with E-state index in [0.29, 0.717) is 23.3 Å². The predicted octanol–water partition coefficient (Wildman–Crippen LogP) is 4.63. The van der Waals surface area contributed by atoms with Crippen molar-refractivity contribution in [3.05, 3.63) is 47.0 Å². The van der Waals surface area contributed by atoms with Crippen LogP contribution in [0.15, 0.2) is 30.3 Å². The average Bonchev–Trinajstić information content (AvgIpc) is 2.49. The highest BCUT2D eigenvalue weighted by Gasteiger charge is 2.29. The summed E-state index contributed by atoms with van der Waals surface area (Å²) >= 11 is 0. The molecule has 0 spiro atoms. The second kappa shape index (κ2) is 6.51. The minimum absolute atomic E-state index is 0.136.